The zero-order valence-electron chi connectivity index (χ0n) is 22.4. The van der Waals surface area contributed by atoms with Gasteiger partial charge >= 0.3 is 5.97 Å². The number of carbonyl (C=O) groups is 1. The van der Waals surface area contributed by atoms with Crippen molar-refractivity contribution >= 4 is 36.9 Å². The van der Waals surface area contributed by atoms with Crippen LogP contribution in [0.15, 0.2) is 0 Å². The zero-order valence-corrected chi connectivity index (χ0v) is 25.6. The first-order valence-electron chi connectivity index (χ1n) is 13.5. The first-order chi connectivity index (χ1) is 15.1. The van der Waals surface area contributed by atoms with Crippen LogP contribution >= 0.6 is 22.6 Å². The molecule has 0 fully saturated rings. The smallest absolute Gasteiger partial charge is 0.306 e. The lowest BCUT2D eigenvalue weighted by molar-refractivity contribution is -0.149. The molecule has 1 atom stereocenters. The summed E-state index contributed by atoms with van der Waals surface area (Å²) in [6, 6.07) is 0. The Morgan fingerprint density at radius 2 is 1.19 bits per heavy atom. The molecule has 192 valence electrons. The van der Waals surface area contributed by atoms with E-state index in [1.807, 2.05) is 0 Å². The van der Waals surface area contributed by atoms with E-state index in [1.165, 1.54) is 83.5 Å². The molecule has 0 saturated carbocycles. The molecule has 0 heterocycles. The summed E-state index contributed by atoms with van der Waals surface area (Å²) in [5, 5.41) is 0.181. The summed E-state index contributed by atoms with van der Waals surface area (Å²) < 4.78 is 12.7. The summed E-state index contributed by atoms with van der Waals surface area (Å²) in [6.45, 7) is 14.0. The van der Waals surface area contributed by atoms with Gasteiger partial charge in [-0.1, -0.05) is 140 Å². The number of unbranched alkanes of at least 4 members (excludes halogenated alkanes) is 14. The predicted octanol–water partition coefficient (Wildman–Crippen LogP) is 9.62. The molecule has 0 saturated heterocycles. The number of hydrogen-bond acceptors (Lipinski definition) is 3. The molecule has 0 aliphatic heterocycles. The second kappa shape index (κ2) is 19.7. The van der Waals surface area contributed by atoms with Crippen molar-refractivity contribution in [3.63, 3.8) is 0 Å². The largest absolute Gasteiger partial charge is 0.459 e. The third-order valence-electron chi connectivity index (χ3n) is 6.89. The van der Waals surface area contributed by atoms with Crippen LogP contribution in [0.2, 0.25) is 18.1 Å². The minimum Gasteiger partial charge on any atom is -0.459 e. The molecule has 0 aromatic heterocycles. The average molecular weight is 583 g/mol. The van der Waals surface area contributed by atoms with E-state index in [2.05, 4.69) is 63.4 Å². The van der Waals surface area contributed by atoms with Gasteiger partial charge in [0.1, 0.15) is 6.10 Å². The van der Waals surface area contributed by atoms with Crippen LogP contribution in [-0.2, 0) is 14.0 Å². The van der Waals surface area contributed by atoms with Crippen molar-refractivity contribution in [2.45, 2.75) is 155 Å². The number of rotatable bonds is 21. The van der Waals surface area contributed by atoms with Gasteiger partial charge in [-0.2, -0.15) is 0 Å². The molecule has 32 heavy (non-hydrogen) atoms. The number of ether oxygens (including phenoxy) is 1. The average Bonchev–Trinajstić information content (AvgIpc) is 2.73. The number of hydrogen-bond donors (Lipinski definition) is 0. The summed E-state index contributed by atoms with van der Waals surface area (Å²) >= 11 is 2.29. The van der Waals surface area contributed by atoms with Crippen LogP contribution in [0.1, 0.15) is 130 Å². The fourth-order valence-electron chi connectivity index (χ4n) is 3.51. The zero-order chi connectivity index (χ0) is 24.3. The molecule has 0 unspecified atom stereocenters. The molecule has 5 heteroatoms. The van der Waals surface area contributed by atoms with Crippen molar-refractivity contribution in [1.82, 2.24) is 0 Å². The number of alkyl halides is 1. The molecule has 3 nitrogen and oxygen atoms in total. The molecular weight excluding hydrogens is 527 g/mol. The number of carbonyl (C=O) groups excluding carboxylic acids is 1. The van der Waals surface area contributed by atoms with Crippen LogP contribution in [0.3, 0.4) is 0 Å². The topological polar surface area (TPSA) is 35.5 Å². The van der Waals surface area contributed by atoms with Gasteiger partial charge in [-0.3, -0.25) is 4.79 Å². The van der Waals surface area contributed by atoms with E-state index in [9.17, 15) is 4.79 Å². The van der Waals surface area contributed by atoms with E-state index < -0.39 is 8.32 Å². The highest BCUT2D eigenvalue weighted by molar-refractivity contribution is 14.1. The van der Waals surface area contributed by atoms with Crippen molar-refractivity contribution in [2.75, 3.05) is 11.0 Å². The van der Waals surface area contributed by atoms with Gasteiger partial charge in [0.15, 0.2) is 8.32 Å². The standard InChI is InChI=1S/C27H55IO3Si/c1-7-8-9-10-11-12-13-14-15-16-17-18-19-20-21-22-26(29)31-25(23-28)24-30-32(5,6)27(2,3)4/h25H,7-24H2,1-6H3/t25-/m1/s1. The van der Waals surface area contributed by atoms with Crippen molar-refractivity contribution in [3.05, 3.63) is 0 Å². The Balaban J connectivity index is 3.60. The van der Waals surface area contributed by atoms with E-state index in [0.29, 0.717) is 13.0 Å². The Kier molecular flexibility index (Phi) is 19.9. The van der Waals surface area contributed by atoms with Crippen LogP contribution in [0.25, 0.3) is 0 Å². The Morgan fingerprint density at radius 1 is 0.781 bits per heavy atom. The second-order valence-electron chi connectivity index (χ2n) is 11.0. The van der Waals surface area contributed by atoms with E-state index in [-0.39, 0.29) is 17.1 Å². The van der Waals surface area contributed by atoms with Crippen LogP contribution in [0, 0.1) is 0 Å². The van der Waals surface area contributed by atoms with Crippen molar-refractivity contribution in [3.8, 4) is 0 Å². The second-order valence-corrected chi connectivity index (χ2v) is 16.7. The molecule has 0 N–H and O–H groups in total. The van der Waals surface area contributed by atoms with Gasteiger partial charge in [-0.25, -0.2) is 0 Å². The molecule has 0 spiro atoms. The number of esters is 1. The van der Waals surface area contributed by atoms with Crippen LogP contribution < -0.4 is 0 Å². The highest BCUT2D eigenvalue weighted by Crippen LogP contribution is 2.36. The van der Waals surface area contributed by atoms with Gasteiger partial charge in [0.2, 0.25) is 0 Å². The van der Waals surface area contributed by atoms with Crippen LogP contribution in [0.4, 0.5) is 0 Å². The Morgan fingerprint density at radius 3 is 1.56 bits per heavy atom. The Labute approximate surface area is 215 Å². The molecule has 0 aliphatic rings. The molecule has 0 amide bonds. The lowest BCUT2D eigenvalue weighted by Gasteiger charge is -2.37. The summed E-state index contributed by atoms with van der Waals surface area (Å²) in [6.07, 6.45) is 20.5. The van der Waals surface area contributed by atoms with Crippen LogP contribution in [0.5, 0.6) is 0 Å². The monoisotopic (exact) mass is 582 g/mol. The van der Waals surface area contributed by atoms with E-state index in [4.69, 9.17) is 9.16 Å². The Bertz CT molecular complexity index is 449. The maximum atomic E-state index is 12.2. The molecule has 0 rings (SSSR count). The molecular formula is C27H55IO3Si. The molecule has 0 bridgehead atoms. The van der Waals surface area contributed by atoms with E-state index in [0.717, 1.165) is 17.3 Å². The molecule has 0 aromatic rings. The highest BCUT2D eigenvalue weighted by atomic mass is 127. The molecule has 0 aromatic carbocycles. The first kappa shape index (κ1) is 32.4. The number of halogens is 1. The summed E-state index contributed by atoms with van der Waals surface area (Å²) in [5.41, 5.74) is 0. The first-order valence-corrected chi connectivity index (χ1v) is 18.0. The molecule has 0 aliphatic carbocycles. The normalized spacial score (nSPS) is 13.3. The summed E-state index contributed by atoms with van der Waals surface area (Å²) in [5.74, 6) is -0.0554. The van der Waals surface area contributed by atoms with Gasteiger partial charge in [-0.05, 0) is 24.6 Å². The van der Waals surface area contributed by atoms with E-state index in [1.54, 1.807) is 0 Å². The third-order valence-corrected chi connectivity index (χ3v) is 12.4. The molecule has 0 radical (unpaired) electrons. The maximum absolute atomic E-state index is 12.2. The fourth-order valence-corrected chi connectivity index (χ4v) is 4.98. The summed E-state index contributed by atoms with van der Waals surface area (Å²) in [7, 11) is -1.79. The van der Waals surface area contributed by atoms with Crippen molar-refractivity contribution in [1.29, 1.82) is 0 Å². The predicted molar refractivity (Wildman–Crippen MR) is 151 cm³/mol. The van der Waals surface area contributed by atoms with Gasteiger partial charge in [0, 0.05) is 10.8 Å². The summed E-state index contributed by atoms with van der Waals surface area (Å²) in [4.78, 5) is 12.2. The Hall–Kier alpha value is 0.377. The minimum atomic E-state index is -1.79. The lowest BCUT2D eigenvalue weighted by atomic mass is 10.0. The van der Waals surface area contributed by atoms with Gasteiger partial charge in [0.25, 0.3) is 0 Å². The highest BCUT2D eigenvalue weighted by Gasteiger charge is 2.37. The van der Waals surface area contributed by atoms with Crippen LogP contribution in [-0.4, -0.2) is 31.4 Å². The third kappa shape index (κ3) is 17.8. The van der Waals surface area contributed by atoms with Gasteiger partial charge in [-0.15, -0.1) is 0 Å². The SMILES string of the molecule is CCCCCCCCCCCCCCCCCC(=O)O[C@H](CI)CO[Si](C)(C)C(C)(C)C. The van der Waals surface area contributed by atoms with E-state index >= 15 is 0 Å². The lowest BCUT2D eigenvalue weighted by Crippen LogP contribution is -2.43. The van der Waals surface area contributed by atoms with Gasteiger partial charge < -0.3 is 9.16 Å². The van der Waals surface area contributed by atoms with Gasteiger partial charge in [0.05, 0.1) is 6.61 Å². The van der Waals surface area contributed by atoms with Crippen molar-refractivity contribution in [2.24, 2.45) is 0 Å². The fraction of sp³-hybridized carbons (Fsp3) is 0.963. The maximum Gasteiger partial charge on any atom is 0.306 e. The van der Waals surface area contributed by atoms with Crippen molar-refractivity contribution < 1.29 is 14.0 Å². The minimum absolute atomic E-state index is 0.0554. The quantitative estimate of drug-likeness (QED) is 0.0444.